The average Bonchev–Trinajstić information content (AvgIpc) is 2.56. The van der Waals surface area contributed by atoms with E-state index in [1.807, 2.05) is 30.3 Å². The van der Waals surface area contributed by atoms with Crippen LogP contribution >= 0.6 is 0 Å². The quantitative estimate of drug-likeness (QED) is 0.462. The summed E-state index contributed by atoms with van der Waals surface area (Å²) < 4.78 is 21.2. The molecular formula is C17H25NO4. The summed E-state index contributed by atoms with van der Waals surface area (Å²) in [4.78, 5) is 0. The van der Waals surface area contributed by atoms with E-state index in [2.05, 4.69) is 11.8 Å². The minimum Gasteiger partial charge on any atom is -0.378 e. The Balaban J connectivity index is 1.81. The molecule has 0 aliphatic heterocycles. The highest BCUT2D eigenvalue weighted by atomic mass is 16.6. The standard InChI is InChI=1S/C17H25NO4/c18-8-10-20-12-14-22-16-15-21-13-11-19-9-4-7-17-5-2-1-3-6-17/h1-3,5-6H,8-16,18H2. The van der Waals surface area contributed by atoms with Gasteiger partial charge in [0.05, 0.1) is 46.2 Å². The predicted octanol–water partition coefficient (Wildman–Crippen LogP) is 1.06. The molecule has 0 aliphatic carbocycles. The Morgan fingerprint density at radius 1 is 0.727 bits per heavy atom. The molecule has 0 aromatic heterocycles. The second kappa shape index (κ2) is 14.5. The molecule has 1 aromatic carbocycles. The van der Waals surface area contributed by atoms with Crippen LogP contribution in [0.2, 0.25) is 0 Å². The van der Waals surface area contributed by atoms with Gasteiger partial charge in [-0.05, 0) is 12.1 Å². The number of nitrogens with two attached hydrogens (primary N) is 1. The van der Waals surface area contributed by atoms with Gasteiger partial charge in [-0.3, -0.25) is 0 Å². The van der Waals surface area contributed by atoms with Gasteiger partial charge in [0.1, 0.15) is 6.61 Å². The van der Waals surface area contributed by atoms with Gasteiger partial charge in [-0.15, -0.1) is 0 Å². The first-order valence-electron chi connectivity index (χ1n) is 7.48. The van der Waals surface area contributed by atoms with E-state index < -0.39 is 0 Å². The Morgan fingerprint density at radius 3 is 1.86 bits per heavy atom. The first-order valence-corrected chi connectivity index (χ1v) is 7.48. The van der Waals surface area contributed by atoms with Gasteiger partial charge in [0.25, 0.3) is 0 Å². The van der Waals surface area contributed by atoms with Crippen molar-refractivity contribution in [3.63, 3.8) is 0 Å². The fourth-order valence-corrected chi connectivity index (χ4v) is 1.53. The molecule has 0 saturated heterocycles. The molecule has 0 heterocycles. The Bertz CT molecular complexity index is 414. The highest BCUT2D eigenvalue weighted by Crippen LogP contribution is 1.94. The zero-order valence-electron chi connectivity index (χ0n) is 13.0. The highest BCUT2D eigenvalue weighted by Gasteiger charge is 1.91. The molecule has 2 N–H and O–H groups in total. The van der Waals surface area contributed by atoms with Crippen molar-refractivity contribution in [2.75, 3.05) is 59.4 Å². The lowest BCUT2D eigenvalue weighted by atomic mass is 10.2. The molecule has 0 amide bonds. The molecule has 5 heteroatoms. The van der Waals surface area contributed by atoms with Crippen molar-refractivity contribution >= 4 is 0 Å². The summed E-state index contributed by atoms with van der Waals surface area (Å²) in [6, 6.07) is 9.83. The summed E-state index contributed by atoms with van der Waals surface area (Å²) in [5, 5.41) is 0. The summed E-state index contributed by atoms with van der Waals surface area (Å²) in [5.74, 6) is 5.99. The van der Waals surface area contributed by atoms with Gasteiger partial charge in [-0.1, -0.05) is 30.0 Å². The van der Waals surface area contributed by atoms with E-state index in [4.69, 9.17) is 24.7 Å². The van der Waals surface area contributed by atoms with E-state index in [0.717, 1.165) is 5.56 Å². The lowest BCUT2D eigenvalue weighted by Crippen LogP contribution is -2.14. The fraction of sp³-hybridized carbons (Fsp3) is 0.529. The molecular weight excluding hydrogens is 282 g/mol. The number of benzene rings is 1. The van der Waals surface area contributed by atoms with Crippen LogP contribution < -0.4 is 5.73 Å². The van der Waals surface area contributed by atoms with E-state index in [9.17, 15) is 0 Å². The molecule has 0 aliphatic rings. The van der Waals surface area contributed by atoms with Crippen molar-refractivity contribution in [1.29, 1.82) is 0 Å². The lowest BCUT2D eigenvalue weighted by molar-refractivity contribution is 0.00223. The van der Waals surface area contributed by atoms with E-state index in [-0.39, 0.29) is 0 Å². The minimum atomic E-state index is 0.410. The van der Waals surface area contributed by atoms with Crippen LogP contribution in [0.1, 0.15) is 5.56 Å². The maximum absolute atomic E-state index is 5.37. The van der Waals surface area contributed by atoms with Crippen LogP contribution in [0.15, 0.2) is 30.3 Å². The van der Waals surface area contributed by atoms with E-state index >= 15 is 0 Å². The van der Waals surface area contributed by atoms with Crippen LogP contribution in [0.4, 0.5) is 0 Å². The third-order valence-corrected chi connectivity index (χ3v) is 2.56. The van der Waals surface area contributed by atoms with E-state index in [1.54, 1.807) is 0 Å². The van der Waals surface area contributed by atoms with Crippen molar-refractivity contribution in [3.8, 4) is 11.8 Å². The summed E-state index contributed by atoms with van der Waals surface area (Å²) in [7, 11) is 0. The van der Waals surface area contributed by atoms with Crippen molar-refractivity contribution in [3.05, 3.63) is 35.9 Å². The molecule has 0 unspecified atom stereocenters. The lowest BCUT2D eigenvalue weighted by Gasteiger charge is -2.06. The van der Waals surface area contributed by atoms with Crippen molar-refractivity contribution in [2.24, 2.45) is 5.73 Å². The molecule has 122 valence electrons. The molecule has 0 saturated carbocycles. The largest absolute Gasteiger partial charge is 0.378 e. The van der Waals surface area contributed by atoms with Gasteiger partial charge < -0.3 is 24.7 Å². The molecule has 0 atom stereocenters. The molecule has 1 rings (SSSR count). The van der Waals surface area contributed by atoms with Crippen LogP contribution in [0.25, 0.3) is 0 Å². The normalized spacial score (nSPS) is 10.2. The van der Waals surface area contributed by atoms with Crippen LogP contribution in [0, 0.1) is 11.8 Å². The molecule has 5 nitrogen and oxygen atoms in total. The van der Waals surface area contributed by atoms with Crippen LogP contribution in [-0.2, 0) is 18.9 Å². The van der Waals surface area contributed by atoms with Crippen molar-refractivity contribution in [2.45, 2.75) is 0 Å². The van der Waals surface area contributed by atoms with Crippen LogP contribution in [0.5, 0.6) is 0 Å². The Hall–Kier alpha value is -1.42. The predicted molar refractivity (Wildman–Crippen MR) is 85.7 cm³/mol. The zero-order chi connectivity index (χ0) is 15.7. The topological polar surface area (TPSA) is 62.9 Å². The van der Waals surface area contributed by atoms with Gasteiger partial charge in [0.2, 0.25) is 0 Å². The Morgan fingerprint density at radius 2 is 1.27 bits per heavy atom. The third-order valence-electron chi connectivity index (χ3n) is 2.56. The molecule has 0 bridgehead atoms. The summed E-state index contributed by atoms with van der Waals surface area (Å²) in [6.45, 7) is 4.84. The Kier molecular flexibility index (Phi) is 12.3. The van der Waals surface area contributed by atoms with Gasteiger partial charge in [-0.2, -0.15) is 0 Å². The first-order chi connectivity index (χ1) is 10.9. The summed E-state index contributed by atoms with van der Waals surface area (Å²) in [5.41, 5.74) is 6.29. The second-order valence-electron chi connectivity index (χ2n) is 4.35. The van der Waals surface area contributed by atoms with Gasteiger partial charge in [-0.25, -0.2) is 0 Å². The molecule has 0 spiro atoms. The third kappa shape index (κ3) is 11.3. The number of hydrogen-bond donors (Lipinski definition) is 1. The van der Waals surface area contributed by atoms with Gasteiger partial charge in [0, 0.05) is 12.1 Å². The highest BCUT2D eigenvalue weighted by molar-refractivity contribution is 5.33. The molecule has 0 radical (unpaired) electrons. The summed E-state index contributed by atoms with van der Waals surface area (Å²) >= 11 is 0. The van der Waals surface area contributed by atoms with Crippen molar-refractivity contribution < 1.29 is 18.9 Å². The maximum Gasteiger partial charge on any atom is 0.108 e. The average molecular weight is 307 g/mol. The van der Waals surface area contributed by atoms with E-state index in [0.29, 0.717) is 59.4 Å². The zero-order valence-corrected chi connectivity index (χ0v) is 13.0. The monoisotopic (exact) mass is 307 g/mol. The number of hydrogen-bond acceptors (Lipinski definition) is 5. The fourth-order valence-electron chi connectivity index (χ4n) is 1.53. The van der Waals surface area contributed by atoms with E-state index in [1.165, 1.54) is 0 Å². The second-order valence-corrected chi connectivity index (χ2v) is 4.35. The van der Waals surface area contributed by atoms with Crippen molar-refractivity contribution in [1.82, 2.24) is 0 Å². The number of ether oxygens (including phenoxy) is 4. The first kappa shape index (κ1) is 18.6. The van der Waals surface area contributed by atoms with Crippen LogP contribution in [0.3, 0.4) is 0 Å². The SMILES string of the molecule is NCCOCCOCCOCCOCC#Cc1ccccc1. The minimum absolute atomic E-state index is 0.410. The smallest absolute Gasteiger partial charge is 0.108 e. The van der Waals surface area contributed by atoms with Gasteiger partial charge >= 0.3 is 0 Å². The molecule has 22 heavy (non-hydrogen) atoms. The maximum atomic E-state index is 5.37. The summed E-state index contributed by atoms with van der Waals surface area (Å²) in [6.07, 6.45) is 0. The Labute approximate surface area is 132 Å². The molecule has 1 aromatic rings. The number of rotatable bonds is 12. The van der Waals surface area contributed by atoms with Crippen LogP contribution in [-0.4, -0.2) is 59.4 Å². The van der Waals surface area contributed by atoms with Gasteiger partial charge in [0.15, 0.2) is 0 Å². The molecule has 0 fully saturated rings.